The molecule has 28 heavy (non-hydrogen) atoms. The molecule has 1 aliphatic rings. The third kappa shape index (κ3) is 8.18. The van der Waals surface area contributed by atoms with Crippen molar-refractivity contribution in [3.05, 3.63) is 23.9 Å². The molecular weight excluding hydrogens is 405 g/mol. The van der Waals surface area contributed by atoms with E-state index in [9.17, 15) is 9.59 Å². The summed E-state index contributed by atoms with van der Waals surface area (Å²) in [6.45, 7) is 8.38. The molecule has 0 saturated carbocycles. The molecule has 160 valence electrons. The summed E-state index contributed by atoms with van der Waals surface area (Å²) in [7, 11) is 0. The molecule has 2 heterocycles. The molecule has 0 aliphatic carbocycles. The van der Waals surface area contributed by atoms with E-state index in [4.69, 9.17) is 10.5 Å². The van der Waals surface area contributed by atoms with Gasteiger partial charge in [0.15, 0.2) is 0 Å². The number of anilines is 1. The van der Waals surface area contributed by atoms with Crippen LogP contribution in [0.5, 0.6) is 0 Å². The van der Waals surface area contributed by atoms with Crippen LogP contribution in [0.15, 0.2) is 18.3 Å². The Bertz CT molecular complexity index is 616. The minimum atomic E-state index is -0.609. The lowest BCUT2D eigenvalue weighted by Gasteiger charge is -2.32. The molecule has 0 radical (unpaired) electrons. The van der Waals surface area contributed by atoms with Crippen LogP contribution in [0.4, 0.5) is 5.82 Å². The molecule has 1 fully saturated rings. The predicted octanol–water partition coefficient (Wildman–Crippen LogP) is 0.866. The largest absolute Gasteiger partial charge is 0.375 e. The van der Waals surface area contributed by atoms with Gasteiger partial charge in [-0.05, 0) is 24.5 Å². The van der Waals surface area contributed by atoms with Crippen molar-refractivity contribution in [3.8, 4) is 0 Å². The Morgan fingerprint density at radius 2 is 2.04 bits per heavy atom. The molecule has 8 nitrogen and oxygen atoms in total. The van der Waals surface area contributed by atoms with E-state index >= 15 is 0 Å². The van der Waals surface area contributed by atoms with Crippen molar-refractivity contribution in [1.29, 1.82) is 0 Å². The quantitative estimate of drug-likeness (QED) is 0.585. The number of nitrogens with one attached hydrogen (secondary N) is 2. The van der Waals surface area contributed by atoms with Crippen LogP contribution in [0.2, 0.25) is 0 Å². The molecule has 4 N–H and O–H groups in total. The Morgan fingerprint density at radius 3 is 2.61 bits per heavy atom. The maximum atomic E-state index is 11.9. The molecule has 0 spiro atoms. The number of morpholine rings is 1. The minimum absolute atomic E-state index is 0. The number of nitrogens with two attached hydrogens (primary N) is 1. The fourth-order valence-corrected chi connectivity index (χ4v) is 2.59. The zero-order chi connectivity index (χ0) is 19.1. The molecule has 10 heteroatoms. The average molecular weight is 436 g/mol. The van der Waals surface area contributed by atoms with Crippen LogP contribution in [0.1, 0.15) is 26.3 Å². The van der Waals surface area contributed by atoms with Crippen LogP contribution in [0, 0.1) is 5.92 Å². The van der Waals surface area contributed by atoms with Crippen LogP contribution < -0.4 is 21.3 Å². The van der Waals surface area contributed by atoms with Crippen molar-refractivity contribution < 1.29 is 14.3 Å². The topological polar surface area (TPSA) is 110 Å². The molecule has 1 unspecified atom stereocenters. The summed E-state index contributed by atoms with van der Waals surface area (Å²) in [5, 5.41) is 5.31. The fraction of sp³-hybridized carbons (Fsp3) is 0.611. The molecular formula is C18H31Cl2N5O3. The highest BCUT2D eigenvalue weighted by atomic mass is 35.5. The first-order chi connectivity index (χ1) is 12.4. The summed E-state index contributed by atoms with van der Waals surface area (Å²) in [5.41, 5.74) is 6.63. The summed E-state index contributed by atoms with van der Waals surface area (Å²) in [5.74, 6) is 0.351. The number of halogens is 2. The van der Waals surface area contributed by atoms with Crippen molar-refractivity contribution in [2.75, 3.05) is 31.1 Å². The third-order valence-corrected chi connectivity index (χ3v) is 4.31. The normalized spacial score (nSPS) is 17.2. The molecule has 1 aromatic heterocycles. The molecule has 2 rings (SSSR count). The van der Waals surface area contributed by atoms with Crippen molar-refractivity contribution in [2.45, 2.75) is 39.5 Å². The van der Waals surface area contributed by atoms with Crippen LogP contribution in [0.25, 0.3) is 0 Å². The molecule has 0 aromatic carbocycles. The maximum absolute atomic E-state index is 11.9. The van der Waals surface area contributed by atoms with E-state index in [2.05, 4.69) is 20.5 Å². The number of ether oxygens (including phenoxy) is 1. The Morgan fingerprint density at radius 1 is 1.32 bits per heavy atom. The Balaban J connectivity index is 0.00000364. The first-order valence-corrected chi connectivity index (χ1v) is 8.98. The molecule has 2 atom stereocenters. The second-order valence-corrected chi connectivity index (χ2v) is 6.92. The lowest BCUT2D eigenvalue weighted by atomic mass is 10.1. The van der Waals surface area contributed by atoms with E-state index in [-0.39, 0.29) is 55.2 Å². The second kappa shape index (κ2) is 12.8. The lowest BCUT2D eigenvalue weighted by molar-refractivity contribution is -0.127. The lowest BCUT2D eigenvalue weighted by Crippen LogP contribution is -2.47. The van der Waals surface area contributed by atoms with Gasteiger partial charge in [0, 0.05) is 25.8 Å². The number of hydrogen-bond acceptors (Lipinski definition) is 6. The number of nitrogens with zero attached hydrogens (tertiary/aromatic N) is 2. The number of carbonyl (C=O) groups is 2. The number of carbonyl (C=O) groups excluding carboxylic acids is 2. The molecule has 0 bridgehead atoms. The van der Waals surface area contributed by atoms with Gasteiger partial charge in [-0.1, -0.05) is 19.9 Å². The first kappa shape index (κ1) is 26.4. The van der Waals surface area contributed by atoms with Crippen molar-refractivity contribution in [2.24, 2.45) is 11.7 Å². The van der Waals surface area contributed by atoms with Crippen LogP contribution >= 0.6 is 24.8 Å². The summed E-state index contributed by atoms with van der Waals surface area (Å²) >= 11 is 0. The molecule has 1 aromatic rings. The highest BCUT2D eigenvalue weighted by Crippen LogP contribution is 2.15. The summed E-state index contributed by atoms with van der Waals surface area (Å²) < 4.78 is 5.53. The number of pyridine rings is 1. The van der Waals surface area contributed by atoms with E-state index in [1.165, 1.54) is 0 Å². The van der Waals surface area contributed by atoms with Crippen LogP contribution in [-0.4, -0.2) is 55.2 Å². The Labute approximate surface area is 178 Å². The van der Waals surface area contributed by atoms with Gasteiger partial charge in [-0.2, -0.15) is 0 Å². The highest BCUT2D eigenvalue weighted by molar-refractivity contribution is 5.87. The number of rotatable bonds is 7. The highest BCUT2D eigenvalue weighted by Gasteiger charge is 2.18. The summed E-state index contributed by atoms with van der Waals surface area (Å²) in [6, 6.07) is 3.28. The number of amides is 2. The Kier molecular flexibility index (Phi) is 12.0. The minimum Gasteiger partial charge on any atom is -0.375 e. The zero-order valence-corrected chi connectivity index (χ0v) is 18.1. The maximum Gasteiger partial charge on any atom is 0.239 e. The van der Waals surface area contributed by atoms with Crippen LogP contribution in [0.3, 0.4) is 0 Å². The van der Waals surface area contributed by atoms with Gasteiger partial charge in [-0.15, -0.1) is 24.8 Å². The van der Waals surface area contributed by atoms with Gasteiger partial charge in [0.05, 0.1) is 25.3 Å². The van der Waals surface area contributed by atoms with Crippen LogP contribution in [-0.2, 0) is 20.9 Å². The summed E-state index contributed by atoms with van der Waals surface area (Å²) in [6.07, 6.45) is 1.95. The molecule has 1 saturated heterocycles. The number of aromatic nitrogens is 1. The Hall–Kier alpha value is -1.61. The molecule has 2 amide bonds. The van der Waals surface area contributed by atoms with Gasteiger partial charge in [0.2, 0.25) is 11.8 Å². The summed E-state index contributed by atoms with van der Waals surface area (Å²) in [4.78, 5) is 30.2. The predicted molar refractivity (Wildman–Crippen MR) is 114 cm³/mol. The van der Waals surface area contributed by atoms with Crippen molar-refractivity contribution >= 4 is 42.4 Å². The standard InChI is InChI=1S/C18H29N5O3.2ClH/c1-12(2)17(19)18(25)22-10-16(24)21-9-14-4-5-15(20-8-14)23-6-7-26-13(3)11-23;;/h4-5,8,12-13,17H,6-7,9-11,19H2,1-3H3,(H,21,24)(H,22,25);2*1H/t13?,17-;;/m0../s1. The van der Waals surface area contributed by atoms with E-state index in [1.54, 1.807) is 6.20 Å². The fourth-order valence-electron chi connectivity index (χ4n) is 2.59. The van der Waals surface area contributed by atoms with E-state index < -0.39 is 6.04 Å². The van der Waals surface area contributed by atoms with Crippen molar-refractivity contribution in [1.82, 2.24) is 15.6 Å². The average Bonchev–Trinajstić information content (AvgIpc) is 2.64. The van der Waals surface area contributed by atoms with E-state index in [1.807, 2.05) is 32.9 Å². The zero-order valence-electron chi connectivity index (χ0n) is 16.5. The van der Waals surface area contributed by atoms with E-state index in [0.717, 1.165) is 24.5 Å². The first-order valence-electron chi connectivity index (χ1n) is 8.98. The van der Waals surface area contributed by atoms with Gasteiger partial charge in [-0.3, -0.25) is 9.59 Å². The smallest absolute Gasteiger partial charge is 0.239 e. The van der Waals surface area contributed by atoms with Gasteiger partial charge in [0.1, 0.15) is 5.82 Å². The monoisotopic (exact) mass is 435 g/mol. The van der Waals surface area contributed by atoms with Gasteiger partial charge in [0.25, 0.3) is 0 Å². The third-order valence-electron chi connectivity index (χ3n) is 4.31. The van der Waals surface area contributed by atoms with Crippen molar-refractivity contribution in [3.63, 3.8) is 0 Å². The van der Waals surface area contributed by atoms with Gasteiger partial charge < -0.3 is 26.0 Å². The van der Waals surface area contributed by atoms with Gasteiger partial charge >= 0.3 is 0 Å². The van der Waals surface area contributed by atoms with E-state index in [0.29, 0.717) is 13.2 Å². The second-order valence-electron chi connectivity index (χ2n) is 6.92. The number of hydrogen-bond donors (Lipinski definition) is 3. The SMILES string of the molecule is CC1CN(c2ccc(CNC(=O)CNC(=O)[C@@H](N)C(C)C)cn2)CCO1.Cl.Cl. The molecule has 1 aliphatic heterocycles. The van der Waals surface area contributed by atoms with Gasteiger partial charge in [-0.25, -0.2) is 4.98 Å².